The van der Waals surface area contributed by atoms with Crippen LogP contribution >= 0.6 is 11.8 Å². The predicted octanol–water partition coefficient (Wildman–Crippen LogP) is 3.18. The summed E-state index contributed by atoms with van der Waals surface area (Å²) in [6.45, 7) is 6.07. The standard InChI is InChI=1S/C15H18N2O4S/c1-4-19-12-8-6-5-7-11(12)14-16-17-15(21-14)22-9-13(18)20-10(2)3/h5-8,10H,4,9H2,1-3H3. The lowest BCUT2D eigenvalue weighted by molar-refractivity contribution is -0.144. The average Bonchev–Trinajstić information content (AvgIpc) is 2.94. The zero-order valence-corrected chi connectivity index (χ0v) is 13.6. The molecular formula is C15H18N2O4S. The number of carbonyl (C=O) groups excluding carboxylic acids is 1. The molecule has 22 heavy (non-hydrogen) atoms. The first-order chi connectivity index (χ1) is 10.6. The second kappa shape index (κ2) is 7.84. The molecule has 118 valence electrons. The first kappa shape index (κ1) is 16.4. The molecule has 6 nitrogen and oxygen atoms in total. The molecule has 0 aliphatic carbocycles. The molecule has 0 N–H and O–H groups in total. The Bertz CT molecular complexity index is 628. The van der Waals surface area contributed by atoms with Crippen LogP contribution in [0.5, 0.6) is 5.75 Å². The van der Waals surface area contributed by atoms with E-state index < -0.39 is 0 Å². The molecular weight excluding hydrogens is 304 g/mol. The Morgan fingerprint density at radius 3 is 2.82 bits per heavy atom. The van der Waals surface area contributed by atoms with Gasteiger partial charge in [0.2, 0.25) is 0 Å². The summed E-state index contributed by atoms with van der Waals surface area (Å²) in [4.78, 5) is 11.5. The van der Waals surface area contributed by atoms with Crippen molar-refractivity contribution < 1.29 is 18.7 Å². The largest absolute Gasteiger partial charge is 0.493 e. The van der Waals surface area contributed by atoms with E-state index in [9.17, 15) is 4.79 Å². The maximum Gasteiger partial charge on any atom is 0.316 e. The lowest BCUT2D eigenvalue weighted by Crippen LogP contribution is -2.13. The Morgan fingerprint density at radius 2 is 2.09 bits per heavy atom. The van der Waals surface area contributed by atoms with Crippen LogP contribution in [0.15, 0.2) is 33.9 Å². The van der Waals surface area contributed by atoms with Crippen molar-refractivity contribution in [2.24, 2.45) is 0 Å². The van der Waals surface area contributed by atoms with Gasteiger partial charge in [0.25, 0.3) is 11.1 Å². The van der Waals surface area contributed by atoms with Crippen LogP contribution < -0.4 is 4.74 Å². The second-order valence-corrected chi connectivity index (χ2v) is 5.56. The third-order valence-corrected chi connectivity index (χ3v) is 3.30. The van der Waals surface area contributed by atoms with Crippen LogP contribution in [0.25, 0.3) is 11.5 Å². The summed E-state index contributed by atoms with van der Waals surface area (Å²) in [5.41, 5.74) is 0.730. The van der Waals surface area contributed by atoms with Crippen LogP contribution in [0.3, 0.4) is 0 Å². The molecule has 1 aromatic carbocycles. The van der Waals surface area contributed by atoms with E-state index in [0.29, 0.717) is 23.5 Å². The molecule has 0 saturated heterocycles. The number of thioether (sulfide) groups is 1. The van der Waals surface area contributed by atoms with Crippen LogP contribution in [-0.4, -0.2) is 34.6 Å². The van der Waals surface area contributed by atoms with Crippen molar-refractivity contribution in [1.29, 1.82) is 0 Å². The van der Waals surface area contributed by atoms with Crippen LogP contribution in [-0.2, 0) is 9.53 Å². The molecule has 1 heterocycles. The Labute approximate surface area is 133 Å². The summed E-state index contributed by atoms with van der Waals surface area (Å²) in [5.74, 6) is 0.870. The monoisotopic (exact) mass is 322 g/mol. The number of hydrogen-bond acceptors (Lipinski definition) is 7. The molecule has 0 fully saturated rings. The van der Waals surface area contributed by atoms with Crippen LogP contribution in [0.1, 0.15) is 20.8 Å². The van der Waals surface area contributed by atoms with Gasteiger partial charge < -0.3 is 13.9 Å². The molecule has 0 unspecified atom stereocenters. The van der Waals surface area contributed by atoms with Crippen LogP contribution in [0.2, 0.25) is 0 Å². The highest BCUT2D eigenvalue weighted by Gasteiger charge is 2.15. The van der Waals surface area contributed by atoms with Crippen molar-refractivity contribution in [3.05, 3.63) is 24.3 Å². The second-order valence-electron chi connectivity index (χ2n) is 4.63. The molecule has 0 atom stereocenters. The number of hydrogen-bond donors (Lipinski definition) is 0. The van der Waals surface area contributed by atoms with Gasteiger partial charge in [0, 0.05) is 0 Å². The summed E-state index contributed by atoms with van der Waals surface area (Å²) in [6.07, 6.45) is -0.135. The minimum atomic E-state index is -0.311. The number of nitrogens with zero attached hydrogens (tertiary/aromatic N) is 2. The number of carbonyl (C=O) groups is 1. The lowest BCUT2D eigenvalue weighted by atomic mass is 10.2. The van der Waals surface area contributed by atoms with E-state index in [1.54, 1.807) is 13.8 Å². The molecule has 0 radical (unpaired) electrons. The van der Waals surface area contributed by atoms with E-state index in [1.165, 1.54) is 0 Å². The number of para-hydroxylation sites is 1. The molecule has 2 aromatic rings. The fourth-order valence-electron chi connectivity index (χ4n) is 1.72. The molecule has 0 spiro atoms. The van der Waals surface area contributed by atoms with Gasteiger partial charge in [0.1, 0.15) is 11.5 Å². The minimum absolute atomic E-state index is 0.132. The first-order valence-electron chi connectivity index (χ1n) is 6.98. The summed E-state index contributed by atoms with van der Waals surface area (Å²) in [5, 5.41) is 8.25. The topological polar surface area (TPSA) is 74.5 Å². The van der Waals surface area contributed by atoms with Gasteiger partial charge in [-0.25, -0.2) is 0 Å². The van der Waals surface area contributed by atoms with Crippen molar-refractivity contribution >= 4 is 17.7 Å². The van der Waals surface area contributed by atoms with Crippen molar-refractivity contribution in [3.63, 3.8) is 0 Å². The number of esters is 1. The molecule has 1 aromatic heterocycles. The van der Waals surface area contributed by atoms with Crippen molar-refractivity contribution in [2.45, 2.75) is 32.1 Å². The molecule has 0 aliphatic rings. The van der Waals surface area contributed by atoms with E-state index in [1.807, 2.05) is 31.2 Å². The Morgan fingerprint density at radius 1 is 1.32 bits per heavy atom. The Kier molecular flexibility index (Phi) is 5.83. The van der Waals surface area contributed by atoms with Crippen molar-refractivity contribution in [2.75, 3.05) is 12.4 Å². The van der Waals surface area contributed by atoms with Gasteiger partial charge in [-0.2, -0.15) is 0 Å². The molecule has 0 saturated carbocycles. The number of ether oxygens (including phenoxy) is 2. The van der Waals surface area contributed by atoms with Crippen LogP contribution in [0, 0.1) is 0 Å². The highest BCUT2D eigenvalue weighted by atomic mass is 32.2. The van der Waals surface area contributed by atoms with E-state index >= 15 is 0 Å². The normalized spacial score (nSPS) is 10.7. The predicted molar refractivity (Wildman–Crippen MR) is 82.9 cm³/mol. The number of aromatic nitrogens is 2. The molecule has 7 heteroatoms. The summed E-state index contributed by atoms with van der Waals surface area (Å²) < 4.78 is 16.1. The molecule has 2 rings (SSSR count). The van der Waals surface area contributed by atoms with E-state index in [0.717, 1.165) is 17.3 Å². The molecule has 0 aliphatic heterocycles. The minimum Gasteiger partial charge on any atom is -0.493 e. The van der Waals surface area contributed by atoms with Gasteiger partial charge in [-0.05, 0) is 32.9 Å². The SMILES string of the molecule is CCOc1ccccc1-c1nnc(SCC(=O)OC(C)C)o1. The van der Waals surface area contributed by atoms with Gasteiger partial charge in [-0.15, -0.1) is 10.2 Å². The van der Waals surface area contributed by atoms with Gasteiger partial charge in [-0.3, -0.25) is 4.79 Å². The van der Waals surface area contributed by atoms with E-state index in [4.69, 9.17) is 13.9 Å². The van der Waals surface area contributed by atoms with Gasteiger partial charge in [0.05, 0.1) is 18.3 Å². The maximum absolute atomic E-state index is 11.5. The van der Waals surface area contributed by atoms with Gasteiger partial charge in [-0.1, -0.05) is 23.9 Å². The average molecular weight is 322 g/mol. The van der Waals surface area contributed by atoms with Crippen LogP contribution in [0.4, 0.5) is 0 Å². The fourth-order valence-corrected chi connectivity index (χ4v) is 2.26. The zero-order chi connectivity index (χ0) is 15.9. The summed E-state index contributed by atoms with van der Waals surface area (Å²) >= 11 is 1.15. The smallest absolute Gasteiger partial charge is 0.316 e. The number of benzene rings is 1. The van der Waals surface area contributed by atoms with Gasteiger partial charge >= 0.3 is 5.97 Å². The van der Waals surface area contributed by atoms with Crippen molar-refractivity contribution in [3.8, 4) is 17.2 Å². The first-order valence-corrected chi connectivity index (χ1v) is 7.96. The quantitative estimate of drug-likeness (QED) is 0.572. The molecule has 0 amide bonds. The molecule has 0 bridgehead atoms. The zero-order valence-electron chi connectivity index (χ0n) is 12.7. The lowest BCUT2D eigenvalue weighted by Gasteiger charge is -2.06. The number of rotatable bonds is 7. The Hall–Kier alpha value is -2.02. The highest BCUT2D eigenvalue weighted by molar-refractivity contribution is 7.99. The van der Waals surface area contributed by atoms with Crippen molar-refractivity contribution in [1.82, 2.24) is 10.2 Å². The third-order valence-electron chi connectivity index (χ3n) is 2.50. The summed E-state index contributed by atoms with van der Waals surface area (Å²) in [6, 6.07) is 7.44. The Balaban J connectivity index is 2.04. The fraction of sp³-hybridized carbons (Fsp3) is 0.400. The highest BCUT2D eigenvalue weighted by Crippen LogP contribution is 2.30. The summed E-state index contributed by atoms with van der Waals surface area (Å²) in [7, 11) is 0. The third kappa shape index (κ3) is 4.49. The van der Waals surface area contributed by atoms with E-state index in [2.05, 4.69) is 10.2 Å². The van der Waals surface area contributed by atoms with E-state index in [-0.39, 0.29) is 17.8 Å². The maximum atomic E-state index is 11.5. The van der Waals surface area contributed by atoms with Gasteiger partial charge in [0.15, 0.2) is 0 Å².